The van der Waals surface area contributed by atoms with E-state index in [1.54, 1.807) is 24.3 Å². The Morgan fingerprint density at radius 3 is 2.44 bits per heavy atom. The smallest absolute Gasteiger partial charge is 0.207 e. The van der Waals surface area contributed by atoms with Crippen LogP contribution in [0, 0.1) is 6.92 Å². The average Bonchev–Trinajstić information content (AvgIpc) is 2.34. The van der Waals surface area contributed by atoms with Crippen molar-refractivity contribution in [1.29, 1.82) is 0 Å². The third kappa shape index (κ3) is 5.02. The SMILES string of the molecule is CCCC/C=C/CNS(=O)(=O)c1ccc(C)cc1. The third-order valence-corrected chi connectivity index (χ3v) is 4.05. The fraction of sp³-hybridized carbons (Fsp3) is 0.429. The molecule has 0 aliphatic carbocycles. The van der Waals surface area contributed by atoms with Crippen LogP contribution in [0.2, 0.25) is 0 Å². The molecular weight excluding hydrogens is 246 g/mol. The largest absolute Gasteiger partial charge is 0.240 e. The Hall–Kier alpha value is -1.13. The highest BCUT2D eigenvalue weighted by Gasteiger charge is 2.11. The molecule has 3 nitrogen and oxygen atoms in total. The number of hydrogen-bond acceptors (Lipinski definition) is 2. The second-order valence-corrected chi connectivity index (χ2v) is 6.05. The first-order valence-corrected chi connectivity index (χ1v) is 7.76. The molecule has 18 heavy (non-hydrogen) atoms. The molecule has 100 valence electrons. The first-order chi connectivity index (χ1) is 8.56. The maximum atomic E-state index is 11.9. The standard InChI is InChI=1S/C14H21NO2S/c1-3-4-5-6-7-12-15-18(16,17)14-10-8-13(2)9-11-14/h6-11,15H,3-5,12H2,1-2H3/b7-6+. The van der Waals surface area contributed by atoms with Crippen LogP contribution >= 0.6 is 0 Å². The Morgan fingerprint density at radius 1 is 1.17 bits per heavy atom. The predicted octanol–water partition coefficient (Wildman–Crippen LogP) is 3.02. The summed E-state index contributed by atoms with van der Waals surface area (Å²) in [5.41, 5.74) is 1.05. The maximum absolute atomic E-state index is 11.9. The van der Waals surface area contributed by atoms with Gasteiger partial charge in [-0.15, -0.1) is 0 Å². The quantitative estimate of drug-likeness (QED) is 0.609. The van der Waals surface area contributed by atoms with Crippen molar-refractivity contribution in [2.45, 2.75) is 38.0 Å². The molecule has 0 atom stereocenters. The Balaban J connectivity index is 2.50. The van der Waals surface area contributed by atoms with Crippen molar-refractivity contribution >= 4 is 10.0 Å². The van der Waals surface area contributed by atoms with E-state index in [2.05, 4.69) is 11.6 Å². The van der Waals surface area contributed by atoms with Gasteiger partial charge in [0.2, 0.25) is 10.0 Å². The third-order valence-electron chi connectivity index (χ3n) is 2.61. The normalized spacial score (nSPS) is 12.1. The first kappa shape index (κ1) is 14.9. The molecule has 1 aromatic carbocycles. The average molecular weight is 267 g/mol. The summed E-state index contributed by atoms with van der Waals surface area (Å²) >= 11 is 0. The summed E-state index contributed by atoms with van der Waals surface area (Å²) in [5.74, 6) is 0. The Kier molecular flexibility index (Phi) is 6.09. The van der Waals surface area contributed by atoms with Gasteiger partial charge in [-0.3, -0.25) is 0 Å². The zero-order valence-corrected chi connectivity index (χ0v) is 11.8. The van der Waals surface area contributed by atoms with Crippen LogP contribution in [0.25, 0.3) is 0 Å². The summed E-state index contributed by atoms with van der Waals surface area (Å²) in [6, 6.07) is 6.84. The number of sulfonamides is 1. The van der Waals surface area contributed by atoms with E-state index in [0.29, 0.717) is 11.4 Å². The fourth-order valence-electron chi connectivity index (χ4n) is 1.48. The van der Waals surface area contributed by atoms with Crippen LogP contribution in [-0.2, 0) is 10.0 Å². The van der Waals surface area contributed by atoms with Crippen molar-refractivity contribution in [3.05, 3.63) is 42.0 Å². The molecule has 0 saturated heterocycles. The van der Waals surface area contributed by atoms with E-state index < -0.39 is 10.0 Å². The zero-order chi connectivity index (χ0) is 13.4. The topological polar surface area (TPSA) is 46.2 Å². The van der Waals surface area contributed by atoms with Gasteiger partial charge < -0.3 is 0 Å². The Morgan fingerprint density at radius 2 is 1.83 bits per heavy atom. The summed E-state index contributed by atoms with van der Waals surface area (Å²) < 4.78 is 26.3. The minimum Gasteiger partial charge on any atom is -0.207 e. The summed E-state index contributed by atoms with van der Waals surface area (Å²) in [6.07, 6.45) is 7.17. The van der Waals surface area contributed by atoms with E-state index in [4.69, 9.17) is 0 Å². The first-order valence-electron chi connectivity index (χ1n) is 6.27. The molecule has 1 aromatic rings. The van der Waals surface area contributed by atoms with Gasteiger partial charge in [0.15, 0.2) is 0 Å². The molecule has 1 N–H and O–H groups in total. The monoisotopic (exact) mass is 267 g/mol. The molecule has 0 saturated carbocycles. The molecule has 0 aromatic heterocycles. The van der Waals surface area contributed by atoms with Gasteiger partial charge in [-0.25, -0.2) is 13.1 Å². The van der Waals surface area contributed by atoms with Crippen LogP contribution in [0.4, 0.5) is 0 Å². The van der Waals surface area contributed by atoms with Gasteiger partial charge in [0.05, 0.1) is 4.90 Å². The minimum atomic E-state index is -3.37. The molecule has 0 spiro atoms. The van der Waals surface area contributed by atoms with Crippen molar-refractivity contribution in [3.63, 3.8) is 0 Å². The van der Waals surface area contributed by atoms with E-state index in [0.717, 1.165) is 24.8 Å². The molecule has 0 aliphatic heterocycles. The molecule has 0 fully saturated rings. The van der Waals surface area contributed by atoms with Crippen molar-refractivity contribution in [1.82, 2.24) is 4.72 Å². The van der Waals surface area contributed by atoms with Gasteiger partial charge in [0.25, 0.3) is 0 Å². The lowest BCUT2D eigenvalue weighted by atomic mass is 10.2. The van der Waals surface area contributed by atoms with Gasteiger partial charge in [-0.05, 0) is 25.5 Å². The summed E-state index contributed by atoms with van der Waals surface area (Å²) in [4.78, 5) is 0.315. The zero-order valence-electron chi connectivity index (χ0n) is 11.0. The lowest BCUT2D eigenvalue weighted by molar-refractivity contribution is 0.585. The van der Waals surface area contributed by atoms with Gasteiger partial charge in [0.1, 0.15) is 0 Å². The van der Waals surface area contributed by atoms with Crippen LogP contribution in [0.15, 0.2) is 41.3 Å². The second-order valence-electron chi connectivity index (χ2n) is 4.28. The lowest BCUT2D eigenvalue weighted by Crippen LogP contribution is -2.23. The van der Waals surface area contributed by atoms with Crippen LogP contribution < -0.4 is 4.72 Å². The van der Waals surface area contributed by atoms with E-state index in [1.807, 2.05) is 19.1 Å². The number of benzene rings is 1. The van der Waals surface area contributed by atoms with E-state index in [1.165, 1.54) is 0 Å². The number of aryl methyl sites for hydroxylation is 1. The highest BCUT2D eigenvalue weighted by molar-refractivity contribution is 7.89. The summed E-state index contributed by atoms with van der Waals surface area (Å²) in [5, 5.41) is 0. The number of hydrogen-bond donors (Lipinski definition) is 1. The number of rotatable bonds is 7. The predicted molar refractivity (Wildman–Crippen MR) is 75.0 cm³/mol. The van der Waals surface area contributed by atoms with Gasteiger partial charge in [0, 0.05) is 6.54 Å². The maximum Gasteiger partial charge on any atom is 0.240 e. The lowest BCUT2D eigenvalue weighted by Gasteiger charge is -2.04. The fourth-order valence-corrected chi connectivity index (χ4v) is 2.46. The molecular formula is C14H21NO2S. The number of allylic oxidation sites excluding steroid dienone is 1. The van der Waals surface area contributed by atoms with Crippen molar-refractivity contribution in [2.75, 3.05) is 6.54 Å². The highest BCUT2D eigenvalue weighted by atomic mass is 32.2. The minimum absolute atomic E-state index is 0.315. The highest BCUT2D eigenvalue weighted by Crippen LogP contribution is 2.09. The van der Waals surface area contributed by atoms with Gasteiger partial charge in [-0.2, -0.15) is 0 Å². The van der Waals surface area contributed by atoms with Gasteiger partial charge >= 0.3 is 0 Å². The number of unbranched alkanes of at least 4 members (excludes halogenated alkanes) is 2. The van der Waals surface area contributed by atoms with Crippen LogP contribution in [0.1, 0.15) is 31.7 Å². The van der Waals surface area contributed by atoms with Crippen LogP contribution in [0.5, 0.6) is 0 Å². The molecule has 0 radical (unpaired) electrons. The van der Waals surface area contributed by atoms with Crippen molar-refractivity contribution < 1.29 is 8.42 Å². The number of nitrogens with one attached hydrogen (secondary N) is 1. The molecule has 0 bridgehead atoms. The molecule has 0 amide bonds. The molecule has 0 heterocycles. The van der Waals surface area contributed by atoms with Crippen molar-refractivity contribution in [2.24, 2.45) is 0 Å². The van der Waals surface area contributed by atoms with Crippen molar-refractivity contribution in [3.8, 4) is 0 Å². The van der Waals surface area contributed by atoms with E-state index in [-0.39, 0.29) is 0 Å². The molecule has 0 unspecified atom stereocenters. The van der Waals surface area contributed by atoms with Crippen LogP contribution in [0.3, 0.4) is 0 Å². The second kappa shape index (κ2) is 7.34. The Bertz CT molecular complexity index is 475. The van der Waals surface area contributed by atoms with E-state index in [9.17, 15) is 8.42 Å². The summed E-state index contributed by atoms with van der Waals surface area (Å²) in [7, 11) is -3.37. The molecule has 4 heteroatoms. The summed E-state index contributed by atoms with van der Waals surface area (Å²) in [6.45, 7) is 4.41. The molecule has 1 rings (SSSR count). The molecule has 0 aliphatic rings. The van der Waals surface area contributed by atoms with Gasteiger partial charge in [-0.1, -0.05) is 49.6 Å². The van der Waals surface area contributed by atoms with E-state index >= 15 is 0 Å². The van der Waals surface area contributed by atoms with Crippen LogP contribution in [-0.4, -0.2) is 15.0 Å². The Labute approximate surface area is 110 Å².